The van der Waals surface area contributed by atoms with Crippen molar-refractivity contribution in [2.45, 2.75) is 45.4 Å². The molecule has 4 rings (SSSR count). The molecule has 0 N–H and O–H groups in total. The molecule has 1 aliphatic carbocycles. The molecule has 0 bridgehead atoms. The van der Waals surface area contributed by atoms with Crippen molar-refractivity contribution >= 4 is 27.4 Å². The normalized spacial score (nSPS) is 19.0. The van der Waals surface area contributed by atoms with Gasteiger partial charge < -0.3 is 9.64 Å². The molecule has 5 heteroatoms. The van der Waals surface area contributed by atoms with E-state index < -0.39 is 0 Å². The number of aryl methyl sites for hydroxylation is 2. The summed E-state index contributed by atoms with van der Waals surface area (Å²) >= 11 is 1.90. The van der Waals surface area contributed by atoms with Gasteiger partial charge in [0.2, 0.25) is 0 Å². The van der Waals surface area contributed by atoms with Gasteiger partial charge in [0.05, 0.1) is 18.6 Å². The van der Waals surface area contributed by atoms with Crippen molar-refractivity contribution < 1.29 is 4.74 Å². The van der Waals surface area contributed by atoms with Gasteiger partial charge in [0.1, 0.15) is 16.5 Å². The maximum absolute atomic E-state index is 5.52. The molecule has 0 aromatic carbocycles. The van der Waals surface area contributed by atoms with Gasteiger partial charge in [-0.15, -0.1) is 11.3 Å². The monoisotopic (exact) mass is 317 g/mol. The molecule has 0 unspecified atom stereocenters. The molecule has 3 heterocycles. The Labute approximate surface area is 135 Å². The number of hydrogen-bond acceptors (Lipinski definition) is 5. The van der Waals surface area contributed by atoms with E-state index in [4.69, 9.17) is 14.7 Å². The smallest absolute Gasteiger partial charge is 0.141 e. The Morgan fingerprint density at radius 1 is 1.09 bits per heavy atom. The number of thiophene rings is 1. The topological polar surface area (TPSA) is 38.2 Å². The first-order valence-electron chi connectivity index (χ1n) is 8.39. The first-order valence-corrected chi connectivity index (χ1v) is 9.20. The molecule has 2 aromatic rings. The molecule has 1 aliphatic heterocycles. The van der Waals surface area contributed by atoms with Gasteiger partial charge in [0, 0.05) is 23.9 Å². The lowest BCUT2D eigenvalue weighted by Crippen LogP contribution is -2.37. The zero-order chi connectivity index (χ0) is 15.1. The Morgan fingerprint density at radius 3 is 2.64 bits per heavy atom. The van der Waals surface area contributed by atoms with E-state index in [1.165, 1.54) is 41.5 Å². The number of ether oxygens (including phenoxy) is 1. The zero-order valence-electron chi connectivity index (χ0n) is 13.4. The maximum Gasteiger partial charge on any atom is 0.141 e. The van der Waals surface area contributed by atoms with Crippen LogP contribution in [0.25, 0.3) is 10.2 Å². The summed E-state index contributed by atoms with van der Waals surface area (Å²) in [5.74, 6) is 2.51. The second-order valence-electron chi connectivity index (χ2n) is 6.55. The lowest BCUT2D eigenvalue weighted by Gasteiger charge is -2.29. The number of rotatable bonds is 2. The Hall–Kier alpha value is -1.20. The van der Waals surface area contributed by atoms with Crippen LogP contribution in [0.1, 0.15) is 48.9 Å². The van der Waals surface area contributed by atoms with E-state index in [2.05, 4.69) is 18.7 Å². The average molecular weight is 317 g/mol. The third-order valence-electron chi connectivity index (χ3n) is 4.64. The van der Waals surface area contributed by atoms with Gasteiger partial charge >= 0.3 is 0 Å². The van der Waals surface area contributed by atoms with E-state index in [9.17, 15) is 0 Å². The van der Waals surface area contributed by atoms with E-state index >= 15 is 0 Å². The molecule has 118 valence electrons. The molecule has 2 aromatic heterocycles. The van der Waals surface area contributed by atoms with E-state index in [0.717, 1.165) is 37.9 Å². The highest BCUT2D eigenvalue weighted by atomic mass is 32.1. The summed E-state index contributed by atoms with van der Waals surface area (Å²) in [6, 6.07) is 0. The summed E-state index contributed by atoms with van der Waals surface area (Å²) < 4.78 is 5.52. The molecule has 0 saturated carbocycles. The highest BCUT2D eigenvalue weighted by molar-refractivity contribution is 7.19. The van der Waals surface area contributed by atoms with Crippen molar-refractivity contribution in [2.24, 2.45) is 0 Å². The van der Waals surface area contributed by atoms with Gasteiger partial charge in [-0.05, 0) is 31.2 Å². The SMILES string of the molecule is CC(C)c1nc(N2CCOCC2)c2c3c(sc2n1)CCCC3. The van der Waals surface area contributed by atoms with Crippen LogP contribution >= 0.6 is 11.3 Å². The summed E-state index contributed by atoms with van der Waals surface area (Å²) in [6.07, 6.45) is 5.03. The predicted molar refractivity (Wildman–Crippen MR) is 91.2 cm³/mol. The van der Waals surface area contributed by atoms with Crippen LogP contribution in [0.3, 0.4) is 0 Å². The average Bonchev–Trinajstić information content (AvgIpc) is 2.93. The fraction of sp³-hybridized carbons (Fsp3) is 0.647. The van der Waals surface area contributed by atoms with E-state index in [0.29, 0.717) is 5.92 Å². The van der Waals surface area contributed by atoms with Crippen LogP contribution in [0, 0.1) is 0 Å². The number of fused-ring (bicyclic) bond motifs is 3. The van der Waals surface area contributed by atoms with Gasteiger partial charge in [-0.2, -0.15) is 0 Å². The largest absolute Gasteiger partial charge is 0.378 e. The van der Waals surface area contributed by atoms with Crippen LogP contribution in [-0.2, 0) is 17.6 Å². The molecule has 0 radical (unpaired) electrons. The predicted octanol–water partition coefficient (Wildman–Crippen LogP) is 3.53. The minimum atomic E-state index is 0.364. The van der Waals surface area contributed by atoms with Gasteiger partial charge in [0.15, 0.2) is 0 Å². The summed E-state index contributed by atoms with van der Waals surface area (Å²) in [4.78, 5) is 15.0. The lowest BCUT2D eigenvalue weighted by molar-refractivity contribution is 0.122. The number of aromatic nitrogens is 2. The van der Waals surface area contributed by atoms with E-state index in [-0.39, 0.29) is 0 Å². The molecule has 2 aliphatic rings. The van der Waals surface area contributed by atoms with E-state index in [1.54, 1.807) is 4.88 Å². The Morgan fingerprint density at radius 2 is 1.86 bits per heavy atom. The first-order chi connectivity index (χ1) is 10.7. The van der Waals surface area contributed by atoms with Gasteiger partial charge in [-0.25, -0.2) is 9.97 Å². The van der Waals surface area contributed by atoms with Gasteiger partial charge in [-0.1, -0.05) is 13.8 Å². The quantitative estimate of drug-likeness (QED) is 0.849. The molecule has 0 spiro atoms. The Bertz CT molecular complexity index is 689. The second-order valence-corrected chi connectivity index (χ2v) is 7.63. The zero-order valence-corrected chi connectivity index (χ0v) is 14.2. The molecule has 1 fully saturated rings. The minimum Gasteiger partial charge on any atom is -0.378 e. The van der Waals surface area contributed by atoms with Crippen molar-refractivity contribution in [3.8, 4) is 0 Å². The molecule has 4 nitrogen and oxygen atoms in total. The highest BCUT2D eigenvalue weighted by Gasteiger charge is 2.25. The minimum absolute atomic E-state index is 0.364. The summed E-state index contributed by atoms with van der Waals surface area (Å²) in [7, 11) is 0. The summed E-state index contributed by atoms with van der Waals surface area (Å²) in [5, 5.41) is 1.34. The van der Waals surface area contributed by atoms with Crippen LogP contribution in [0.15, 0.2) is 0 Å². The number of hydrogen-bond donors (Lipinski definition) is 0. The highest BCUT2D eigenvalue weighted by Crippen LogP contribution is 2.40. The molecule has 0 amide bonds. The number of nitrogens with zero attached hydrogens (tertiary/aromatic N) is 3. The van der Waals surface area contributed by atoms with Crippen LogP contribution < -0.4 is 4.90 Å². The third kappa shape index (κ3) is 2.40. The van der Waals surface area contributed by atoms with Gasteiger partial charge in [0.25, 0.3) is 0 Å². The second kappa shape index (κ2) is 5.78. The fourth-order valence-electron chi connectivity index (χ4n) is 3.42. The fourth-order valence-corrected chi connectivity index (χ4v) is 4.68. The first kappa shape index (κ1) is 14.4. The number of anilines is 1. The third-order valence-corrected chi connectivity index (χ3v) is 5.83. The van der Waals surface area contributed by atoms with Crippen molar-refractivity contribution in [3.05, 3.63) is 16.3 Å². The van der Waals surface area contributed by atoms with E-state index in [1.807, 2.05) is 11.3 Å². The standard InChI is InChI=1S/C17H23N3OS/c1-11(2)15-18-16(20-7-9-21-10-8-20)14-12-5-3-4-6-13(12)22-17(14)19-15/h11H,3-10H2,1-2H3. The molecular formula is C17H23N3OS. The van der Waals surface area contributed by atoms with Crippen molar-refractivity contribution in [3.63, 3.8) is 0 Å². The maximum atomic E-state index is 5.52. The van der Waals surface area contributed by atoms with Crippen molar-refractivity contribution in [1.82, 2.24) is 9.97 Å². The summed E-state index contributed by atoms with van der Waals surface area (Å²) in [5.41, 5.74) is 1.53. The molecular weight excluding hydrogens is 294 g/mol. The van der Waals surface area contributed by atoms with Crippen LogP contribution in [0.5, 0.6) is 0 Å². The van der Waals surface area contributed by atoms with Gasteiger partial charge in [-0.3, -0.25) is 0 Å². The van der Waals surface area contributed by atoms with Crippen LogP contribution in [0.2, 0.25) is 0 Å². The Balaban J connectivity index is 1.91. The molecule has 0 atom stereocenters. The Kier molecular flexibility index (Phi) is 3.78. The molecule has 22 heavy (non-hydrogen) atoms. The van der Waals surface area contributed by atoms with Crippen molar-refractivity contribution in [1.29, 1.82) is 0 Å². The summed E-state index contributed by atoms with van der Waals surface area (Å²) in [6.45, 7) is 7.84. The lowest BCUT2D eigenvalue weighted by atomic mass is 9.96. The molecule has 1 saturated heterocycles. The van der Waals surface area contributed by atoms with Crippen LogP contribution in [0.4, 0.5) is 5.82 Å². The number of morpholine rings is 1. The van der Waals surface area contributed by atoms with Crippen LogP contribution in [-0.4, -0.2) is 36.3 Å². The van der Waals surface area contributed by atoms with Crippen molar-refractivity contribution in [2.75, 3.05) is 31.2 Å².